The van der Waals surface area contributed by atoms with Crippen LogP contribution in [0.5, 0.6) is 5.75 Å². The summed E-state index contributed by atoms with van der Waals surface area (Å²) in [6.07, 6.45) is 1.04. The molecule has 0 amide bonds. The van der Waals surface area contributed by atoms with E-state index in [9.17, 15) is 9.59 Å². The van der Waals surface area contributed by atoms with Crippen LogP contribution in [0.2, 0.25) is 0 Å². The monoisotopic (exact) mass is 176 g/mol. The molecule has 1 heterocycles. The zero-order valence-corrected chi connectivity index (χ0v) is 6.95. The number of hydrogen-bond donors (Lipinski definition) is 0. The highest BCUT2D eigenvalue weighted by Crippen LogP contribution is 2.26. The summed E-state index contributed by atoms with van der Waals surface area (Å²) in [4.78, 5) is 22.0. The van der Waals surface area contributed by atoms with Gasteiger partial charge in [0.2, 0.25) is 0 Å². The Morgan fingerprint density at radius 1 is 1.38 bits per heavy atom. The lowest BCUT2D eigenvalue weighted by molar-refractivity contribution is 0.0927. The first-order valence-electron chi connectivity index (χ1n) is 4.07. The van der Waals surface area contributed by atoms with Crippen molar-refractivity contribution in [1.82, 2.24) is 0 Å². The van der Waals surface area contributed by atoms with E-state index in [0.29, 0.717) is 36.2 Å². The number of carbonyl (C=O) groups excluding carboxylic acids is 2. The zero-order chi connectivity index (χ0) is 9.26. The molecule has 0 saturated heterocycles. The van der Waals surface area contributed by atoms with Crippen LogP contribution in [0.4, 0.5) is 0 Å². The highest BCUT2D eigenvalue weighted by Gasteiger charge is 2.21. The number of fused-ring (bicyclic) bond motifs is 1. The van der Waals surface area contributed by atoms with Gasteiger partial charge < -0.3 is 4.74 Å². The van der Waals surface area contributed by atoms with E-state index in [0.717, 1.165) is 0 Å². The fourth-order valence-corrected chi connectivity index (χ4v) is 1.44. The van der Waals surface area contributed by atoms with Crippen molar-refractivity contribution in [1.29, 1.82) is 0 Å². The topological polar surface area (TPSA) is 43.4 Å². The maximum atomic E-state index is 11.4. The molecular formula is C10H8O3. The highest BCUT2D eigenvalue weighted by molar-refractivity contribution is 6.05. The van der Waals surface area contributed by atoms with Gasteiger partial charge in [-0.25, -0.2) is 0 Å². The first-order chi connectivity index (χ1) is 6.33. The second kappa shape index (κ2) is 3.01. The van der Waals surface area contributed by atoms with Crippen LogP contribution < -0.4 is 4.74 Å². The van der Waals surface area contributed by atoms with Gasteiger partial charge in [-0.3, -0.25) is 9.59 Å². The van der Waals surface area contributed by atoms with Crippen LogP contribution in [0.1, 0.15) is 27.1 Å². The van der Waals surface area contributed by atoms with Crippen molar-refractivity contribution in [3.63, 3.8) is 0 Å². The smallest absolute Gasteiger partial charge is 0.170 e. The number of carbonyl (C=O) groups is 2. The Morgan fingerprint density at radius 3 is 3.00 bits per heavy atom. The molecule has 66 valence electrons. The molecule has 0 aromatic heterocycles. The van der Waals surface area contributed by atoms with Gasteiger partial charge >= 0.3 is 0 Å². The van der Waals surface area contributed by atoms with Crippen molar-refractivity contribution >= 4 is 12.1 Å². The predicted octanol–water partition coefficient (Wildman–Crippen LogP) is 1.46. The van der Waals surface area contributed by atoms with Gasteiger partial charge in [-0.1, -0.05) is 12.1 Å². The summed E-state index contributed by atoms with van der Waals surface area (Å²) in [5.41, 5.74) is 0.853. The van der Waals surface area contributed by atoms with E-state index in [2.05, 4.69) is 0 Å². The van der Waals surface area contributed by atoms with Crippen molar-refractivity contribution < 1.29 is 14.3 Å². The summed E-state index contributed by atoms with van der Waals surface area (Å²) in [7, 11) is 0. The molecule has 3 heteroatoms. The summed E-state index contributed by atoms with van der Waals surface area (Å²) in [5, 5.41) is 0. The third-order valence-electron chi connectivity index (χ3n) is 2.05. The average Bonchev–Trinajstić information content (AvgIpc) is 2.17. The third-order valence-corrected chi connectivity index (χ3v) is 2.05. The molecule has 0 bridgehead atoms. The maximum absolute atomic E-state index is 11.4. The van der Waals surface area contributed by atoms with Gasteiger partial charge in [-0.15, -0.1) is 0 Å². The Hall–Kier alpha value is -1.64. The molecular weight excluding hydrogens is 168 g/mol. The van der Waals surface area contributed by atoms with E-state index < -0.39 is 0 Å². The van der Waals surface area contributed by atoms with Crippen LogP contribution in [-0.4, -0.2) is 18.7 Å². The van der Waals surface area contributed by atoms with Crippen LogP contribution in [-0.2, 0) is 0 Å². The molecule has 1 aliphatic heterocycles. The number of rotatable bonds is 1. The van der Waals surface area contributed by atoms with Gasteiger partial charge in [0, 0.05) is 12.0 Å². The molecule has 13 heavy (non-hydrogen) atoms. The van der Waals surface area contributed by atoms with Crippen LogP contribution in [0.25, 0.3) is 0 Å². The molecule has 3 nitrogen and oxygen atoms in total. The minimum atomic E-state index is -0.0102. The van der Waals surface area contributed by atoms with Crippen molar-refractivity contribution in [2.24, 2.45) is 0 Å². The average molecular weight is 176 g/mol. The summed E-state index contributed by atoms with van der Waals surface area (Å²) in [6, 6.07) is 5.04. The Morgan fingerprint density at radius 2 is 2.23 bits per heavy atom. The molecule has 1 aromatic carbocycles. The van der Waals surface area contributed by atoms with Crippen molar-refractivity contribution in [3.8, 4) is 5.75 Å². The number of ether oxygens (including phenoxy) is 1. The zero-order valence-electron chi connectivity index (χ0n) is 6.95. The lowest BCUT2D eigenvalue weighted by Gasteiger charge is -2.16. The van der Waals surface area contributed by atoms with Gasteiger partial charge in [-0.2, -0.15) is 0 Å². The van der Waals surface area contributed by atoms with E-state index in [1.165, 1.54) is 0 Å². The van der Waals surface area contributed by atoms with Crippen molar-refractivity contribution in [3.05, 3.63) is 29.3 Å². The number of Topliss-reactive ketones (excluding diaryl/α,β-unsaturated/α-hetero) is 1. The standard InChI is InChI=1S/C10H8O3/c11-6-7-2-1-3-9-10(7)8(12)4-5-13-9/h1-3,6H,4-5H2. The minimum Gasteiger partial charge on any atom is -0.492 e. The molecule has 0 spiro atoms. The fourth-order valence-electron chi connectivity index (χ4n) is 1.44. The second-order valence-corrected chi connectivity index (χ2v) is 2.86. The Bertz CT molecular complexity index is 368. The second-order valence-electron chi connectivity index (χ2n) is 2.86. The summed E-state index contributed by atoms with van der Waals surface area (Å²) in [5.74, 6) is 0.518. The first-order valence-corrected chi connectivity index (χ1v) is 4.07. The lowest BCUT2D eigenvalue weighted by atomic mass is 10.00. The largest absolute Gasteiger partial charge is 0.492 e. The molecule has 0 N–H and O–H groups in total. The highest BCUT2D eigenvalue weighted by atomic mass is 16.5. The molecule has 0 fully saturated rings. The number of ketones is 1. The normalized spacial score (nSPS) is 14.6. The molecule has 1 aliphatic rings. The molecule has 0 unspecified atom stereocenters. The van der Waals surface area contributed by atoms with Gasteiger partial charge in [-0.05, 0) is 6.07 Å². The van der Waals surface area contributed by atoms with E-state index in [1.54, 1.807) is 18.2 Å². The maximum Gasteiger partial charge on any atom is 0.170 e. The van der Waals surface area contributed by atoms with Crippen molar-refractivity contribution in [2.75, 3.05) is 6.61 Å². The van der Waals surface area contributed by atoms with Gasteiger partial charge in [0.15, 0.2) is 12.1 Å². The number of aldehydes is 1. The van der Waals surface area contributed by atoms with Crippen LogP contribution in [0.3, 0.4) is 0 Å². The van der Waals surface area contributed by atoms with Gasteiger partial charge in [0.1, 0.15) is 5.75 Å². The number of hydrogen-bond acceptors (Lipinski definition) is 3. The minimum absolute atomic E-state index is 0.0102. The predicted molar refractivity (Wildman–Crippen MR) is 46.3 cm³/mol. The summed E-state index contributed by atoms with van der Waals surface area (Å²) in [6.45, 7) is 0.411. The van der Waals surface area contributed by atoms with E-state index in [4.69, 9.17) is 4.74 Å². The Kier molecular flexibility index (Phi) is 1.85. The lowest BCUT2D eigenvalue weighted by Crippen LogP contribution is -2.17. The van der Waals surface area contributed by atoms with Crippen LogP contribution >= 0.6 is 0 Å². The molecule has 0 atom stereocenters. The van der Waals surface area contributed by atoms with E-state index >= 15 is 0 Å². The summed E-state index contributed by atoms with van der Waals surface area (Å²) >= 11 is 0. The van der Waals surface area contributed by atoms with Gasteiger partial charge in [0.05, 0.1) is 12.2 Å². The SMILES string of the molecule is O=Cc1cccc2c1C(=O)CCO2. The Labute approximate surface area is 75.3 Å². The van der Waals surface area contributed by atoms with E-state index in [1.807, 2.05) is 0 Å². The summed E-state index contributed by atoms with van der Waals surface area (Å²) < 4.78 is 5.26. The Balaban J connectivity index is 2.63. The third kappa shape index (κ3) is 1.22. The molecule has 2 rings (SSSR count). The van der Waals surface area contributed by atoms with Crippen LogP contribution in [0.15, 0.2) is 18.2 Å². The fraction of sp³-hybridized carbons (Fsp3) is 0.200. The molecule has 0 aliphatic carbocycles. The molecule has 0 radical (unpaired) electrons. The van der Waals surface area contributed by atoms with Crippen molar-refractivity contribution in [2.45, 2.75) is 6.42 Å². The molecule has 0 saturated carbocycles. The first kappa shape index (κ1) is 7.98. The van der Waals surface area contributed by atoms with Gasteiger partial charge in [0.25, 0.3) is 0 Å². The number of benzene rings is 1. The van der Waals surface area contributed by atoms with E-state index in [-0.39, 0.29) is 5.78 Å². The quantitative estimate of drug-likeness (QED) is 0.608. The van der Waals surface area contributed by atoms with Crippen LogP contribution in [0, 0.1) is 0 Å². The molecule has 1 aromatic rings.